The summed E-state index contributed by atoms with van der Waals surface area (Å²) < 4.78 is 37.5. The van der Waals surface area contributed by atoms with E-state index >= 15 is 0 Å². The Labute approximate surface area is 129 Å². The molecule has 1 saturated heterocycles. The quantitative estimate of drug-likeness (QED) is 0.915. The molecule has 1 aliphatic heterocycles. The summed E-state index contributed by atoms with van der Waals surface area (Å²) >= 11 is 0. The van der Waals surface area contributed by atoms with Gasteiger partial charge in [-0.05, 0) is 44.3 Å². The number of nitrogens with zero attached hydrogens (tertiary/aromatic N) is 1. The molecule has 22 heavy (non-hydrogen) atoms. The van der Waals surface area contributed by atoms with E-state index in [1.165, 1.54) is 5.57 Å². The highest BCUT2D eigenvalue weighted by atomic mass is 19.4. The van der Waals surface area contributed by atoms with Gasteiger partial charge in [0, 0.05) is 6.54 Å². The average molecular weight is 313 g/mol. The first kappa shape index (κ1) is 17.0. The largest absolute Gasteiger partial charge is 0.414 e. The lowest BCUT2D eigenvalue weighted by Gasteiger charge is -2.34. The molecule has 1 unspecified atom stereocenters. The third kappa shape index (κ3) is 4.85. The van der Waals surface area contributed by atoms with E-state index in [0.29, 0.717) is 25.9 Å². The predicted molar refractivity (Wildman–Crippen MR) is 81.3 cm³/mol. The van der Waals surface area contributed by atoms with Gasteiger partial charge in [0.15, 0.2) is 6.10 Å². The van der Waals surface area contributed by atoms with Crippen molar-refractivity contribution >= 4 is 6.08 Å². The molecule has 5 heteroatoms. The highest BCUT2D eigenvalue weighted by Crippen LogP contribution is 2.31. The Bertz CT molecular complexity index is 490. The van der Waals surface area contributed by atoms with Gasteiger partial charge in [-0.3, -0.25) is 4.90 Å². The van der Waals surface area contributed by atoms with E-state index < -0.39 is 18.2 Å². The second-order valence-electron chi connectivity index (χ2n) is 6.00. The lowest BCUT2D eigenvalue weighted by Crippen LogP contribution is -2.43. The second kappa shape index (κ2) is 7.29. The number of hydrogen-bond donors (Lipinski definition) is 1. The number of rotatable bonds is 4. The number of benzene rings is 1. The summed E-state index contributed by atoms with van der Waals surface area (Å²) in [5.41, 5.74) is 2.31. The monoisotopic (exact) mass is 313 g/mol. The Morgan fingerprint density at radius 2 is 1.86 bits per heavy atom. The van der Waals surface area contributed by atoms with Crippen LogP contribution in [0.15, 0.2) is 35.9 Å². The lowest BCUT2D eigenvalue weighted by atomic mass is 9.90. The summed E-state index contributed by atoms with van der Waals surface area (Å²) in [4.78, 5) is 2.15. The number of piperidine rings is 1. The average Bonchev–Trinajstić information content (AvgIpc) is 2.47. The van der Waals surface area contributed by atoms with Crippen LogP contribution >= 0.6 is 0 Å². The molecule has 1 atom stereocenters. The summed E-state index contributed by atoms with van der Waals surface area (Å²) in [5.74, 6) is -0.672. The van der Waals surface area contributed by atoms with Gasteiger partial charge in [-0.1, -0.05) is 42.0 Å². The Balaban J connectivity index is 1.84. The molecule has 0 bridgehead atoms. The van der Waals surface area contributed by atoms with E-state index in [1.807, 2.05) is 37.3 Å². The van der Waals surface area contributed by atoms with Crippen LogP contribution in [0.4, 0.5) is 13.2 Å². The van der Waals surface area contributed by atoms with Gasteiger partial charge in [-0.25, -0.2) is 0 Å². The fourth-order valence-electron chi connectivity index (χ4n) is 2.93. The standard InChI is InChI=1S/C17H22F3NO/c1-13(11-14-5-3-2-4-6-14)12-21-9-7-15(8-10-21)16(22)17(18,19)20/h2-6,11,15-16,22H,7-10,12H2,1H3/b13-11-. The smallest absolute Gasteiger partial charge is 0.383 e. The molecule has 1 aliphatic rings. The summed E-state index contributed by atoms with van der Waals surface area (Å²) in [7, 11) is 0. The van der Waals surface area contributed by atoms with Crippen LogP contribution in [0.3, 0.4) is 0 Å². The predicted octanol–water partition coefficient (Wildman–Crippen LogP) is 3.73. The van der Waals surface area contributed by atoms with Gasteiger partial charge in [0.2, 0.25) is 0 Å². The SMILES string of the molecule is C/C(=C/c1ccccc1)CN1CCC(C(O)C(F)(F)F)CC1. The molecule has 1 N–H and O–H groups in total. The second-order valence-corrected chi connectivity index (χ2v) is 6.00. The summed E-state index contributed by atoms with van der Waals surface area (Å²) in [5, 5.41) is 9.32. The fraction of sp³-hybridized carbons (Fsp3) is 0.529. The minimum absolute atomic E-state index is 0.388. The van der Waals surface area contributed by atoms with Crippen LogP contribution in [-0.4, -0.2) is 41.9 Å². The van der Waals surface area contributed by atoms with E-state index in [2.05, 4.69) is 11.0 Å². The molecule has 0 aromatic heterocycles. The van der Waals surface area contributed by atoms with Crippen LogP contribution in [0.2, 0.25) is 0 Å². The molecule has 0 aliphatic carbocycles. The Hall–Kier alpha value is -1.33. The van der Waals surface area contributed by atoms with E-state index in [9.17, 15) is 18.3 Å². The first-order valence-corrected chi connectivity index (χ1v) is 7.55. The van der Waals surface area contributed by atoms with Crippen LogP contribution in [0.1, 0.15) is 25.3 Å². The van der Waals surface area contributed by atoms with Crippen molar-refractivity contribution in [3.05, 3.63) is 41.5 Å². The first-order chi connectivity index (χ1) is 10.4. The molecule has 0 radical (unpaired) electrons. The van der Waals surface area contributed by atoms with Gasteiger partial charge >= 0.3 is 6.18 Å². The van der Waals surface area contributed by atoms with Gasteiger partial charge in [0.1, 0.15) is 0 Å². The maximum absolute atomic E-state index is 12.5. The van der Waals surface area contributed by atoms with Crippen molar-refractivity contribution in [1.82, 2.24) is 4.90 Å². The molecule has 1 aromatic rings. The van der Waals surface area contributed by atoms with Crippen molar-refractivity contribution in [1.29, 1.82) is 0 Å². The summed E-state index contributed by atoms with van der Waals surface area (Å²) in [6.45, 7) is 3.98. The summed E-state index contributed by atoms with van der Waals surface area (Å²) in [6.07, 6.45) is -3.82. The minimum atomic E-state index is -4.50. The van der Waals surface area contributed by atoms with E-state index in [4.69, 9.17) is 0 Å². The van der Waals surface area contributed by atoms with Gasteiger partial charge in [-0.2, -0.15) is 13.2 Å². The van der Waals surface area contributed by atoms with Crippen LogP contribution in [0.5, 0.6) is 0 Å². The molecule has 1 aromatic carbocycles. The van der Waals surface area contributed by atoms with Crippen LogP contribution in [0, 0.1) is 5.92 Å². The molecule has 1 heterocycles. The van der Waals surface area contributed by atoms with E-state index in [-0.39, 0.29) is 0 Å². The molecule has 0 amide bonds. The number of alkyl halides is 3. The van der Waals surface area contributed by atoms with Gasteiger partial charge < -0.3 is 5.11 Å². The number of aliphatic hydroxyl groups is 1. The van der Waals surface area contributed by atoms with Crippen molar-refractivity contribution in [2.75, 3.05) is 19.6 Å². The van der Waals surface area contributed by atoms with Crippen molar-refractivity contribution in [3.8, 4) is 0 Å². The van der Waals surface area contributed by atoms with Crippen LogP contribution in [-0.2, 0) is 0 Å². The van der Waals surface area contributed by atoms with Crippen LogP contribution < -0.4 is 0 Å². The topological polar surface area (TPSA) is 23.5 Å². The lowest BCUT2D eigenvalue weighted by molar-refractivity contribution is -0.223. The highest BCUT2D eigenvalue weighted by molar-refractivity contribution is 5.52. The maximum atomic E-state index is 12.5. The van der Waals surface area contributed by atoms with Crippen molar-refractivity contribution < 1.29 is 18.3 Å². The van der Waals surface area contributed by atoms with Crippen molar-refractivity contribution in [2.24, 2.45) is 5.92 Å². The molecular formula is C17H22F3NO. The number of aliphatic hydroxyl groups excluding tert-OH is 1. The molecular weight excluding hydrogens is 291 g/mol. The highest BCUT2D eigenvalue weighted by Gasteiger charge is 2.44. The molecule has 0 saturated carbocycles. The molecule has 122 valence electrons. The molecule has 1 fully saturated rings. The Morgan fingerprint density at radius 3 is 2.41 bits per heavy atom. The molecule has 2 nitrogen and oxygen atoms in total. The zero-order valence-electron chi connectivity index (χ0n) is 12.7. The van der Waals surface area contributed by atoms with Gasteiger partial charge in [-0.15, -0.1) is 0 Å². The van der Waals surface area contributed by atoms with E-state index in [0.717, 1.165) is 12.1 Å². The first-order valence-electron chi connectivity index (χ1n) is 7.55. The Morgan fingerprint density at radius 1 is 1.27 bits per heavy atom. The number of likely N-dealkylation sites (tertiary alicyclic amines) is 1. The minimum Gasteiger partial charge on any atom is -0.383 e. The number of hydrogen-bond acceptors (Lipinski definition) is 2. The van der Waals surface area contributed by atoms with Crippen molar-refractivity contribution in [3.63, 3.8) is 0 Å². The van der Waals surface area contributed by atoms with E-state index in [1.54, 1.807) is 0 Å². The van der Waals surface area contributed by atoms with Gasteiger partial charge in [0.25, 0.3) is 0 Å². The Kier molecular flexibility index (Phi) is 5.64. The third-order valence-corrected chi connectivity index (χ3v) is 4.10. The molecule has 0 spiro atoms. The third-order valence-electron chi connectivity index (χ3n) is 4.10. The zero-order valence-corrected chi connectivity index (χ0v) is 12.7. The van der Waals surface area contributed by atoms with Crippen molar-refractivity contribution in [2.45, 2.75) is 32.0 Å². The fourth-order valence-corrected chi connectivity index (χ4v) is 2.93. The summed E-state index contributed by atoms with van der Waals surface area (Å²) in [6, 6.07) is 9.96. The van der Waals surface area contributed by atoms with Crippen LogP contribution in [0.25, 0.3) is 6.08 Å². The number of halogens is 3. The zero-order chi connectivity index (χ0) is 16.2. The van der Waals surface area contributed by atoms with Gasteiger partial charge in [0.05, 0.1) is 0 Å². The molecule has 2 rings (SSSR count). The maximum Gasteiger partial charge on any atom is 0.414 e. The normalized spacial score (nSPS) is 20.1.